The summed E-state index contributed by atoms with van der Waals surface area (Å²) in [6.45, 7) is 1.99. The number of halogens is 1. The maximum atomic E-state index is 6.10. The summed E-state index contributed by atoms with van der Waals surface area (Å²) in [5, 5.41) is 3.34. The van der Waals surface area contributed by atoms with Gasteiger partial charge in [-0.25, -0.2) is 15.9 Å². The highest BCUT2D eigenvalue weighted by molar-refractivity contribution is 8.13. The molecule has 0 fully saturated rings. The van der Waals surface area contributed by atoms with Crippen LogP contribution >= 0.6 is 35.4 Å². The molecule has 1 aromatic carbocycles. The fourth-order valence-electron chi connectivity index (χ4n) is 1.65. The Hall–Kier alpha value is -0.640. The number of nitrogens with zero attached hydrogens (tertiary/aromatic N) is 2. The SMILES string of the molecule is CSOONc1cc(N2NC(C)N=C2SC)ccc1Cl. The number of amidine groups is 1. The third-order valence-electron chi connectivity index (χ3n) is 2.46. The van der Waals surface area contributed by atoms with Gasteiger partial charge in [0.2, 0.25) is 0 Å². The molecule has 9 heteroatoms. The van der Waals surface area contributed by atoms with Gasteiger partial charge in [-0.1, -0.05) is 23.4 Å². The molecule has 1 unspecified atom stereocenters. The van der Waals surface area contributed by atoms with E-state index in [0.717, 1.165) is 22.9 Å². The minimum atomic E-state index is 0.0422. The molecule has 0 aromatic heterocycles. The first kappa shape index (κ1) is 15.7. The van der Waals surface area contributed by atoms with E-state index in [9.17, 15) is 0 Å². The molecule has 0 radical (unpaired) electrons. The molecule has 1 aromatic rings. The fourth-order valence-corrected chi connectivity index (χ4v) is 2.51. The lowest BCUT2D eigenvalue weighted by Gasteiger charge is -2.21. The van der Waals surface area contributed by atoms with E-state index in [1.807, 2.05) is 30.3 Å². The predicted octanol–water partition coefficient (Wildman–Crippen LogP) is 3.28. The highest BCUT2D eigenvalue weighted by atomic mass is 35.5. The zero-order valence-corrected chi connectivity index (χ0v) is 13.6. The van der Waals surface area contributed by atoms with E-state index in [-0.39, 0.29) is 6.17 Å². The first-order chi connectivity index (χ1) is 9.65. The Morgan fingerprint density at radius 2 is 2.25 bits per heavy atom. The van der Waals surface area contributed by atoms with Crippen molar-refractivity contribution in [3.05, 3.63) is 23.2 Å². The number of benzene rings is 1. The van der Waals surface area contributed by atoms with Gasteiger partial charge in [-0.2, -0.15) is 0 Å². The van der Waals surface area contributed by atoms with E-state index >= 15 is 0 Å². The molecule has 0 spiro atoms. The molecule has 0 saturated carbocycles. The summed E-state index contributed by atoms with van der Waals surface area (Å²) in [5.41, 5.74) is 7.41. The van der Waals surface area contributed by atoms with Crippen molar-refractivity contribution in [1.82, 2.24) is 5.43 Å². The van der Waals surface area contributed by atoms with Gasteiger partial charge in [0.15, 0.2) is 5.17 Å². The van der Waals surface area contributed by atoms with Gasteiger partial charge >= 0.3 is 0 Å². The van der Waals surface area contributed by atoms with Gasteiger partial charge in [-0.3, -0.25) is 5.01 Å². The zero-order chi connectivity index (χ0) is 14.5. The summed E-state index contributed by atoms with van der Waals surface area (Å²) in [7, 11) is 0. The second-order valence-electron chi connectivity index (χ2n) is 3.84. The zero-order valence-electron chi connectivity index (χ0n) is 11.2. The third kappa shape index (κ3) is 3.72. The number of hydrazine groups is 1. The number of hydrogen-bond acceptors (Lipinski definition) is 8. The van der Waals surface area contributed by atoms with E-state index < -0.39 is 0 Å². The number of hydrogen-bond donors (Lipinski definition) is 2. The van der Waals surface area contributed by atoms with Crippen molar-refractivity contribution in [3.8, 4) is 0 Å². The van der Waals surface area contributed by atoms with Crippen LogP contribution in [0, 0.1) is 0 Å². The highest BCUT2D eigenvalue weighted by Crippen LogP contribution is 2.29. The van der Waals surface area contributed by atoms with Crippen molar-refractivity contribution >= 4 is 51.9 Å². The Bertz CT molecular complexity index is 503. The summed E-state index contributed by atoms with van der Waals surface area (Å²) in [5.74, 6) is 0. The molecule has 1 aliphatic heterocycles. The van der Waals surface area contributed by atoms with Crippen LogP contribution in [0.25, 0.3) is 0 Å². The second-order valence-corrected chi connectivity index (χ2v) is 5.49. The van der Waals surface area contributed by atoms with Crippen LogP contribution in [-0.2, 0) is 9.32 Å². The number of thioether (sulfide) groups is 1. The minimum absolute atomic E-state index is 0.0422. The molecule has 1 aliphatic rings. The molecule has 1 heterocycles. The molecule has 110 valence electrons. The van der Waals surface area contributed by atoms with Crippen molar-refractivity contribution in [2.45, 2.75) is 13.1 Å². The summed E-state index contributed by atoms with van der Waals surface area (Å²) in [6, 6.07) is 5.53. The molecule has 0 aliphatic carbocycles. The molecular formula is C11H15ClN4O2S2. The smallest absolute Gasteiger partial charge is 0.179 e. The first-order valence-electron chi connectivity index (χ1n) is 5.75. The van der Waals surface area contributed by atoms with E-state index in [2.05, 4.69) is 15.9 Å². The normalized spacial score (nSPS) is 18.3. The van der Waals surface area contributed by atoms with Crippen LogP contribution in [0.3, 0.4) is 0 Å². The molecule has 20 heavy (non-hydrogen) atoms. The summed E-state index contributed by atoms with van der Waals surface area (Å²) >= 11 is 8.76. The van der Waals surface area contributed by atoms with Crippen LogP contribution in [0.2, 0.25) is 5.02 Å². The van der Waals surface area contributed by atoms with Crippen LogP contribution in [0.5, 0.6) is 0 Å². The topological polar surface area (TPSA) is 58.1 Å². The fraction of sp³-hybridized carbons (Fsp3) is 0.364. The van der Waals surface area contributed by atoms with Crippen molar-refractivity contribution in [3.63, 3.8) is 0 Å². The lowest BCUT2D eigenvalue weighted by atomic mass is 10.3. The van der Waals surface area contributed by atoms with Gasteiger partial charge in [0.1, 0.15) is 6.17 Å². The number of aliphatic imine (C=N–C) groups is 1. The van der Waals surface area contributed by atoms with E-state index in [1.165, 1.54) is 0 Å². The number of nitrogens with one attached hydrogen (secondary N) is 2. The van der Waals surface area contributed by atoms with E-state index in [0.29, 0.717) is 10.7 Å². The van der Waals surface area contributed by atoms with E-state index in [1.54, 1.807) is 24.1 Å². The molecule has 0 bridgehead atoms. The molecule has 1 atom stereocenters. The van der Waals surface area contributed by atoms with Crippen molar-refractivity contribution in [2.75, 3.05) is 23.0 Å². The lowest BCUT2D eigenvalue weighted by molar-refractivity contribution is -0.160. The van der Waals surface area contributed by atoms with Gasteiger partial charge in [0.05, 0.1) is 16.4 Å². The van der Waals surface area contributed by atoms with Gasteiger partial charge in [-0.15, -0.1) is 9.32 Å². The minimum Gasteiger partial charge on any atom is -0.252 e. The Kier molecular flexibility index (Phi) is 5.82. The maximum Gasteiger partial charge on any atom is 0.179 e. The summed E-state index contributed by atoms with van der Waals surface area (Å²) in [6.07, 6.45) is 3.77. The van der Waals surface area contributed by atoms with Gasteiger partial charge in [0.25, 0.3) is 0 Å². The van der Waals surface area contributed by atoms with Crippen molar-refractivity contribution < 1.29 is 9.32 Å². The van der Waals surface area contributed by atoms with Crippen LogP contribution in [0.15, 0.2) is 23.2 Å². The molecule has 6 nitrogen and oxygen atoms in total. The summed E-state index contributed by atoms with van der Waals surface area (Å²) < 4.78 is 4.71. The van der Waals surface area contributed by atoms with Crippen molar-refractivity contribution in [2.24, 2.45) is 4.99 Å². The van der Waals surface area contributed by atoms with Gasteiger partial charge in [0, 0.05) is 18.3 Å². The van der Waals surface area contributed by atoms with Crippen LogP contribution < -0.4 is 15.9 Å². The maximum absolute atomic E-state index is 6.10. The monoisotopic (exact) mass is 334 g/mol. The molecule has 0 saturated heterocycles. The lowest BCUT2D eigenvalue weighted by Crippen LogP contribution is -2.38. The Balaban J connectivity index is 2.16. The van der Waals surface area contributed by atoms with Crippen LogP contribution in [-0.4, -0.2) is 23.8 Å². The molecule has 0 amide bonds. The number of anilines is 2. The van der Waals surface area contributed by atoms with Crippen molar-refractivity contribution in [1.29, 1.82) is 0 Å². The number of rotatable bonds is 5. The van der Waals surface area contributed by atoms with E-state index in [4.69, 9.17) is 20.9 Å². The standard InChI is InChI=1S/C11H15ClN4O2S2/c1-7-13-11(19-2)16(14-7)8-4-5-9(12)10(6-8)15-17-18-20-3/h4-7,14-15H,1-3H3. The average molecular weight is 335 g/mol. The Morgan fingerprint density at radius 3 is 2.95 bits per heavy atom. The van der Waals surface area contributed by atoms with Crippen LogP contribution in [0.4, 0.5) is 11.4 Å². The summed E-state index contributed by atoms with van der Waals surface area (Å²) in [4.78, 5) is 9.27. The van der Waals surface area contributed by atoms with Gasteiger partial charge < -0.3 is 0 Å². The van der Waals surface area contributed by atoms with Crippen LogP contribution in [0.1, 0.15) is 6.92 Å². The third-order valence-corrected chi connectivity index (χ3v) is 3.64. The first-order valence-corrected chi connectivity index (χ1v) is 8.51. The molecular weight excluding hydrogens is 320 g/mol. The highest BCUT2D eigenvalue weighted by Gasteiger charge is 2.22. The largest absolute Gasteiger partial charge is 0.252 e. The Morgan fingerprint density at radius 1 is 1.45 bits per heavy atom. The molecule has 2 rings (SSSR count). The average Bonchev–Trinajstić information content (AvgIpc) is 2.82. The predicted molar refractivity (Wildman–Crippen MR) is 86.8 cm³/mol. The Labute approximate surface area is 131 Å². The quantitative estimate of drug-likeness (QED) is 0.371. The molecule has 2 N–H and O–H groups in total. The second kappa shape index (κ2) is 7.39. The van der Waals surface area contributed by atoms with Gasteiger partial charge in [-0.05, 0) is 31.4 Å².